The second-order valence-corrected chi connectivity index (χ2v) is 9.11. The van der Waals surface area contributed by atoms with E-state index in [1.807, 2.05) is 37.3 Å². The lowest BCUT2D eigenvalue weighted by atomic mass is 9.88. The molecule has 0 saturated heterocycles. The minimum atomic E-state index is -0.102. The van der Waals surface area contributed by atoms with E-state index < -0.39 is 0 Å². The topological polar surface area (TPSA) is 56.1 Å². The molecular weight excluding hydrogens is 458 g/mol. The van der Waals surface area contributed by atoms with Crippen molar-refractivity contribution in [1.29, 1.82) is 0 Å². The Bertz CT molecular complexity index is 1440. The van der Waals surface area contributed by atoms with Crippen molar-refractivity contribution in [1.82, 2.24) is 14.9 Å². The van der Waals surface area contributed by atoms with Crippen LogP contribution in [0.5, 0.6) is 5.75 Å². The number of nitrogens with one attached hydrogen (secondary N) is 1. The second-order valence-electron chi connectivity index (χ2n) is 9.11. The summed E-state index contributed by atoms with van der Waals surface area (Å²) in [6, 6.07) is 30.9. The van der Waals surface area contributed by atoms with Crippen LogP contribution < -0.4 is 10.1 Å². The molecule has 0 bridgehead atoms. The van der Waals surface area contributed by atoms with Crippen molar-refractivity contribution in [2.75, 3.05) is 6.61 Å². The van der Waals surface area contributed by atoms with Crippen LogP contribution >= 0.6 is 0 Å². The zero-order chi connectivity index (χ0) is 25.5. The molecule has 5 rings (SSSR count). The Hall–Kier alpha value is -4.38. The number of para-hydroxylation sites is 1. The summed E-state index contributed by atoms with van der Waals surface area (Å²) in [6.07, 6.45) is 6.05. The quantitative estimate of drug-likeness (QED) is 0.250. The fraction of sp³-hybridized carbons (Fsp3) is 0.188. The highest BCUT2D eigenvalue weighted by Crippen LogP contribution is 2.36. The number of benzene rings is 3. The number of hydrogen-bond acceptors (Lipinski definition) is 3. The van der Waals surface area contributed by atoms with Gasteiger partial charge in [0, 0.05) is 54.9 Å². The Morgan fingerprint density at radius 1 is 0.892 bits per heavy atom. The van der Waals surface area contributed by atoms with E-state index in [1.165, 1.54) is 10.9 Å². The van der Waals surface area contributed by atoms with E-state index in [9.17, 15) is 4.79 Å². The van der Waals surface area contributed by atoms with Crippen molar-refractivity contribution in [2.24, 2.45) is 0 Å². The number of carbonyl (C=O) groups excluding carboxylic acids is 1. The highest BCUT2D eigenvalue weighted by atomic mass is 16.5. The van der Waals surface area contributed by atoms with Crippen molar-refractivity contribution in [2.45, 2.75) is 32.4 Å². The standard InChI is InChI=1S/C32H31N3O2/c1-2-37-27-14-12-26(13-15-27)29(20-32(36)34-21-24-16-18-33-19-17-24)30-23-35(22-25-8-4-3-5-9-25)31-11-7-6-10-28(30)31/h3-19,23,29H,2,20-22H2,1H3,(H,34,36). The summed E-state index contributed by atoms with van der Waals surface area (Å²) >= 11 is 0. The number of hydrogen-bond donors (Lipinski definition) is 1. The van der Waals surface area contributed by atoms with Gasteiger partial charge in [-0.2, -0.15) is 0 Å². The van der Waals surface area contributed by atoms with Gasteiger partial charge in [-0.25, -0.2) is 0 Å². The fourth-order valence-corrected chi connectivity index (χ4v) is 4.79. The lowest BCUT2D eigenvalue weighted by molar-refractivity contribution is -0.121. The lowest BCUT2D eigenvalue weighted by Crippen LogP contribution is -2.25. The van der Waals surface area contributed by atoms with Crippen LogP contribution in [0.1, 0.15) is 41.5 Å². The SMILES string of the molecule is CCOc1ccc(C(CC(=O)NCc2ccncc2)c2cn(Cc3ccccc3)c3ccccc23)cc1. The molecule has 2 aromatic heterocycles. The number of aromatic nitrogens is 2. The van der Waals surface area contributed by atoms with Crippen LogP contribution in [0, 0.1) is 0 Å². The van der Waals surface area contributed by atoms with Crippen molar-refractivity contribution in [3.05, 3.63) is 132 Å². The van der Waals surface area contributed by atoms with Gasteiger partial charge in [-0.3, -0.25) is 9.78 Å². The van der Waals surface area contributed by atoms with Gasteiger partial charge in [-0.05, 0) is 59.5 Å². The van der Waals surface area contributed by atoms with Crippen molar-refractivity contribution >= 4 is 16.8 Å². The zero-order valence-electron chi connectivity index (χ0n) is 21.0. The van der Waals surface area contributed by atoms with Gasteiger partial charge in [-0.1, -0.05) is 60.7 Å². The van der Waals surface area contributed by atoms with Gasteiger partial charge in [0.2, 0.25) is 5.91 Å². The monoisotopic (exact) mass is 489 g/mol. The number of fused-ring (bicyclic) bond motifs is 1. The Balaban J connectivity index is 1.49. The molecular formula is C32H31N3O2. The molecule has 1 N–H and O–H groups in total. The molecule has 0 aliphatic rings. The molecule has 0 spiro atoms. The normalized spacial score (nSPS) is 11.8. The molecule has 1 atom stereocenters. The van der Waals surface area contributed by atoms with Crippen LogP contribution in [-0.4, -0.2) is 22.1 Å². The van der Waals surface area contributed by atoms with Gasteiger partial charge in [0.15, 0.2) is 0 Å². The first-order valence-corrected chi connectivity index (χ1v) is 12.7. The molecule has 5 aromatic rings. The van der Waals surface area contributed by atoms with Gasteiger partial charge in [0.1, 0.15) is 5.75 Å². The summed E-state index contributed by atoms with van der Waals surface area (Å²) in [7, 11) is 0. The van der Waals surface area contributed by atoms with Crippen LogP contribution in [0.25, 0.3) is 10.9 Å². The molecule has 0 aliphatic carbocycles. The van der Waals surface area contributed by atoms with Gasteiger partial charge in [0.05, 0.1) is 6.61 Å². The molecule has 0 aliphatic heterocycles. The highest BCUT2D eigenvalue weighted by Gasteiger charge is 2.23. The van der Waals surface area contributed by atoms with E-state index >= 15 is 0 Å². The summed E-state index contributed by atoms with van der Waals surface area (Å²) in [5.41, 5.74) is 5.66. The van der Waals surface area contributed by atoms with Gasteiger partial charge in [0.25, 0.3) is 0 Å². The molecule has 0 radical (unpaired) electrons. The average Bonchev–Trinajstić information content (AvgIpc) is 3.30. The molecule has 5 nitrogen and oxygen atoms in total. The number of carbonyl (C=O) groups is 1. The Labute approximate surface area is 217 Å². The first-order valence-electron chi connectivity index (χ1n) is 12.7. The highest BCUT2D eigenvalue weighted by molar-refractivity contribution is 5.86. The van der Waals surface area contributed by atoms with E-state index in [0.717, 1.165) is 34.5 Å². The Morgan fingerprint density at radius 2 is 1.62 bits per heavy atom. The van der Waals surface area contributed by atoms with Crippen molar-refractivity contribution in [3.63, 3.8) is 0 Å². The van der Waals surface area contributed by atoms with Crippen LogP contribution in [0.4, 0.5) is 0 Å². The van der Waals surface area contributed by atoms with Gasteiger partial charge >= 0.3 is 0 Å². The van der Waals surface area contributed by atoms with E-state index in [1.54, 1.807) is 12.4 Å². The predicted octanol–water partition coefficient (Wildman–Crippen LogP) is 6.32. The first-order chi connectivity index (χ1) is 18.2. The maximum atomic E-state index is 13.2. The van der Waals surface area contributed by atoms with Crippen molar-refractivity contribution < 1.29 is 9.53 Å². The molecule has 5 heteroatoms. The number of rotatable bonds is 10. The van der Waals surface area contributed by atoms with E-state index in [0.29, 0.717) is 19.6 Å². The molecule has 1 amide bonds. The molecule has 2 heterocycles. The maximum absolute atomic E-state index is 13.2. The third-order valence-corrected chi connectivity index (χ3v) is 6.61. The first kappa shape index (κ1) is 24.3. The van der Waals surface area contributed by atoms with Crippen LogP contribution in [-0.2, 0) is 17.9 Å². The van der Waals surface area contributed by atoms with Gasteiger partial charge < -0.3 is 14.6 Å². The van der Waals surface area contributed by atoms with Gasteiger partial charge in [-0.15, -0.1) is 0 Å². The van der Waals surface area contributed by atoms with Crippen LogP contribution in [0.3, 0.4) is 0 Å². The maximum Gasteiger partial charge on any atom is 0.221 e. The average molecular weight is 490 g/mol. The number of pyridine rings is 1. The Morgan fingerprint density at radius 3 is 2.38 bits per heavy atom. The summed E-state index contributed by atoms with van der Waals surface area (Å²) in [4.78, 5) is 17.3. The van der Waals surface area contributed by atoms with Crippen LogP contribution in [0.15, 0.2) is 110 Å². The summed E-state index contributed by atoms with van der Waals surface area (Å²) in [5.74, 6) is 0.740. The van der Waals surface area contributed by atoms with Crippen LogP contribution in [0.2, 0.25) is 0 Å². The minimum Gasteiger partial charge on any atom is -0.494 e. The van der Waals surface area contributed by atoms with E-state index in [4.69, 9.17) is 4.74 Å². The molecule has 3 aromatic carbocycles. The largest absolute Gasteiger partial charge is 0.494 e. The predicted molar refractivity (Wildman–Crippen MR) is 148 cm³/mol. The molecule has 186 valence electrons. The lowest BCUT2D eigenvalue weighted by Gasteiger charge is -2.18. The number of amides is 1. The van der Waals surface area contributed by atoms with E-state index in [-0.39, 0.29) is 11.8 Å². The second kappa shape index (κ2) is 11.6. The minimum absolute atomic E-state index is 0.00980. The molecule has 0 saturated carbocycles. The zero-order valence-corrected chi connectivity index (χ0v) is 21.0. The third-order valence-electron chi connectivity index (χ3n) is 6.61. The smallest absolute Gasteiger partial charge is 0.221 e. The molecule has 1 unspecified atom stereocenters. The number of ether oxygens (including phenoxy) is 1. The number of nitrogens with zero attached hydrogens (tertiary/aromatic N) is 2. The van der Waals surface area contributed by atoms with E-state index in [2.05, 4.69) is 81.7 Å². The molecule has 0 fully saturated rings. The summed E-state index contributed by atoms with van der Waals surface area (Å²) < 4.78 is 7.96. The molecule has 37 heavy (non-hydrogen) atoms. The fourth-order valence-electron chi connectivity index (χ4n) is 4.79. The van der Waals surface area contributed by atoms with Crippen molar-refractivity contribution in [3.8, 4) is 5.75 Å². The summed E-state index contributed by atoms with van der Waals surface area (Å²) in [6.45, 7) is 3.84. The Kier molecular flexibility index (Phi) is 7.60. The third kappa shape index (κ3) is 5.89. The summed E-state index contributed by atoms with van der Waals surface area (Å²) in [5, 5.41) is 4.26.